The monoisotopic (exact) mass is 267 g/mol. The quantitative estimate of drug-likeness (QED) is 0.926. The van der Waals surface area contributed by atoms with E-state index < -0.39 is 0 Å². The molecule has 104 valence electrons. The summed E-state index contributed by atoms with van der Waals surface area (Å²) in [5.74, 6) is 2.91. The van der Waals surface area contributed by atoms with Gasteiger partial charge in [0.05, 0.1) is 5.69 Å². The number of hydrogen-bond donors (Lipinski definition) is 1. The zero-order valence-corrected chi connectivity index (χ0v) is 12.0. The highest BCUT2D eigenvalue weighted by Gasteiger charge is 2.34. The van der Waals surface area contributed by atoms with Crippen LogP contribution in [0.25, 0.3) is 11.4 Å². The van der Waals surface area contributed by atoms with Gasteiger partial charge < -0.3 is 9.88 Å². The summed E-state index contributed by atoms with van der Waals surface area (Å²) in [7, 11) is 0. The van der Waals surface area contributed by atoms with Gasteiger partial charge in [-0.2, -0.15) is 0 Å². The molecule has 1 aliphatic heterocycles. The number of imidazole rings is 1. The molecule has 3 nitrogen and oxygen atoms in total. The fourth-order valence-corrected chi connectivity index (χ4v) is 3.26. The van der Waals surface area contributed by atoms with Crippen molar-refractivity contribution in [3.8, 4) is 11.4 Å². The van der Waals surface area contributed by atoms with Crippen molar-refractivity contribution in [2.75, 3.05) is 6.54 Å². The van der Waals surface area contributed by atoms with E-state index in [1.807, 2.05) is 0 Å². The maximum atomic E-state index is 4.93. The summed E-state index contributed by atoms with van der Waals surface area (Å²) in [5.41, 5.74) is 3.96. The molecule has 0 saturated heterocycles. The molecule has 0 bridgehead atoms. The summed E-state index contributed by atoms with van der Waals surface area (Å²) < 4.78 is 2.50. The average Bonchev–Trinajstić information content (AvgIpc) is 3.06. The standard InChI is InChI=1S/C17H21N3/c1-12-9-14(12)11-20-16-7-8-18-10-15(16)19-17(20)13-5-3-2-4-6-13/h2-6,12,14,18H,7-11H2,1H3. The van der Waals surface area contributed by atoms with E-state index in [2.05, 4.69) is 47.1 Å². The van der Waals surface area contributed by atoms with Crippen LogP contribution in [0.3, 0.4) is 0 Å². The fraction of sp³-hybridized carbons (Fsp3) is 0.471. The number of nitrogens with one attached hydrogen (secondary N) is 1. The van der Waals surface area contributed by atoms with Gasteiger partial charge in [-0.3, -0.25) is 0 Å². The molecule has 2 unspecified atom stereocenters. The van der Waals surface area contributed by atoms with Crippen LogP contribution in [0.5, 0.6) is 0 Å². The smallest absolute Gasteiger partial charge is 0.140 e. The molecule has 2 aromatic rings. The van der Waals surface area contributed by atoms with Gasteiger partial charge in [-0.25, -0.2) is 4.98 Å². The Bertz CT molecular complexity index is 615. The first kappa shape index (κ1) is 12.2. The van der Waals surface area contributed by atoms with E-state index in [0.29, 0.717) is 0 Å². The van der Waals surface area contributed by atoms with Gasteiger partial charge in [-0.05, 0) is 18.3 Å². The van der Waals surface area contributed by atoms with Crippen LogP contribution in [0, 0.1) is 11.8 Å². The van der Waals surface area contributed by atoms with Gasteiger partial charge in [0, 0.05) is 37.3 Å². The van der Waals surface area contributed by atoms with Crippen molar-refractivity contribution in [3.05, 3.63) is 41.7 Å². The van der Waals surface area contributed by atoms with Crippen LogP contribution in [-0.2, 0) is 19.5 Å². The predicted octanol–water partition coefficient (Wildman–Crippen LogP) is 2.85. The second-order valence-electron chi connectivity index (χ2n) is 6.21. The SMILES string of the molecule is CC1CC1Cn1c(-c2ccccc2)nc2c1CCNC2. The Morgan fingerprint density at radius 2 is 2.10 bits per heavy atom. The number of fused-ring (bicyclic) bond motifs is 1. The Kier molecular flexibility index (Phi) is 2.88. The number of hydrogen-bond acceptors (Lipinski definition) is 2. The normalized spacial score (nSPS) is 24.4. The minimum absolute atomic E-state index is 0.852. The van der Waals surface area contributed by atoms with Crippen LogP contribution in [-0.4, -0.2) is 16.1 Å². The van der Waals surface area contributed by atoms with Crippen molar-refractivity contribution in [1.82, 2.24) is 14.9 Å². The van der Waals surface area contributed by atoms with E-state index in [1.54, 1.807) is 0 Å². The van der Waals surface area contributed by atoms with E-state index in [4.69, 9.17) is 4.98 Å². The lowest BCUT2D eigenvalue weighted by atomic mass is 10.1. The zero-order chi connectivity index (χ0) is 13.5. The minimum Gasteiger partial charge on any atom is -0.327 e. The molecular formula is C17H21N3. The molecular weight excluding hydrogens is 246 g/mol. The van der Waals surface area contributed by atoms with E-state index in [-0.39, 0.29) is 0 Å². The van der Waals surface area contributed by atoms with E-state index in [0.717, 1.165) is 37.9 Å². The molecule has 0 amide bonds. The molecule has 3 heteroatoms. The molecule has 1 fully saturated rings. The van der Waals surface area contributed by atoms with Crippen LogP contribution in [0.4, 0.5) is 0 Å². The molecule has 1 aromatic carbocycles. The Hall–Kier alpha value is -1.61. The Morgan fingerprint density at radius 3 is 2.85 bits per heavy atom. The highest BCUT2D eigenvalue weighted by molar-refractivity contribution is 5.57. The fourth-order valence-electron chi connectivity index (χ4n) is 3.26. The average molecular weight is 267 g/mol. The van der Waals surface area contributed by atoms with Gasteiger partial charge in [0.1, 0.15) is 5.82 Å². The molecule has 1 N–H and O–H groups in total. The van der Waals surface area contributed by atoms with Crippen molar-refractivity contribution in [1.29, 1.82) is 0 Å². The largest absolute Gasteiger partial charge is 0.327 e. The number of aromatic nitrogens is 2. The Balaban J connectivity index is 1.78. The molecule has 1 aliphatic carbocycles. The zero-order valence-electron chi connectivity index (χ0n) is 12.0. The van der Waals surface area contributed by atoms with Gasteiger partial charge in [-0.1, -0.05) is 37.3 Å². The summed E-state index contributed by atoms with van der Waals surface area (Å²) in [6.45, 7) is 5.50. The van der Waals surface area contributed by atoms with Crippen molar-refractivity contribution < 1.29 is 0 Å². The van der Waals surface area contributed by atoms with Crippen LogP contribution in [0.15, 0.2) is 30.3 Å². The van der Waals surface area contributed by atoms with Crippen molar-refractivity contribution in [2.45, 2.75) is 32.9 Å². The molecule has 2 atom stereocenters. The van der Waals surface area contributed by atoms with Gasteiger partial charge in [0.15, 0.2) is 0 Å². The summed E-state index contributed by atoms with van der Waals surface area (Å²) >= 11 is 0. The molecule has 1 aromatic heterocycles. The third-order valence-corrected chi connectivity index (χ3v) is 4.71. The highest BCUT2D eigenvalue weighted by atomic mass is 15.1. The Labute approximate surface area is 120 Å². The summed E-state index contributed by atoms with van der Waals surface area (Å²) in [5, 5.41) is 3.43. The molecule has 1 saturated carbocycles. The van der Waals surface area contributed by atoms with E-state index in [9.17, 15) is 0 Å². The number of benzene rings is 1. The Morgan fingerprint density at radius 1 is 1.30 bits per heavy atom. The lowest BCUT2D eigenvalue weighted by molar-refractivity contribution is 0.549. The summed E-state index contributed by atoms with van der Waals surface area (Å²) in [6.07, 6.45) is 2.48. The lowest BCUT2D eigenvalue weighted by Gasteiger charge is -2.16. The number of rotatable bonds is 3. The minimum atomic E-state index is 0.852. The van der Waals surface area contributed by atoms with Crippen LogP contribution in [0.2, 0.25) is 0 Å². The van der Waals surface area contributed by atoms with Crippen molar-refractivity contribution in [3.63, 3.8) is 0 Å². The van der Waals surface area contributed by atoms with Crippen LogP contribution in [0.1, 0.15) is 24.7 Å². The molecule has 2 aliphatic rings. The van der Waals surface area contributed by atoms with Gasteiger partial charge in [0.2, 0.25) is 0 Å². The molecule has 2 heterocycles. The molecule has 20 heavy (non-hydrogen) atoms. The highest BCUT2D eigenvalue weighted by Crippen LogP contribution is 2.40. The van der Waals surface area contributed by atoms with E-state index in [1.165, 1.54) is 29.2 Å². The molecule has 4 rings (SSSR count). The maximum Gasteiger partial charge on any atom is 0.140 e. The maximum absolute atomic E-state index is 4.93. The van der Waals surface area contributed by atoms with Crippen molar-refractivity contribution in [2.24, 2.45) is 11.8 Å². The van der Waals surface area contributed by atoms with Crippen LogP contribution < -0.4 is 5.32 Å². The van der Waals surface area contributed by atoms with Gasteiger partial charge in [-0.15, -0.1) is 0 Å². The second-order valence-corrected chi connectivity index (χ2v) is 6.21. The van der Waals surface area contributed by atoms with Gasteiger partial charge >= 0.3 is 0 Å². The molecule has 0 spiro atoms. The lowest BCUT2D eigenvalue weighted by Crippen LogP contribution is -2.25. The van der Waals surface area contributed by atoms with Gasteiger partial charge in [0.25, 0.3) is 0 Å². The summed E-state index contributed by atoms with van der Waals surface area (Å²) in [4.78, 5) is 4.93. The topological polar surface area (TPSA) is 29.9 Å². The third-order valence-electron chi connectivity index (χ3n) is 4.71. The first-order valence-corrected chi connectivity index (χ1v) is 7.67. The third kappa shape index (κ3) is 2.06. The second kappa shape index (κ2) is 4.74. The van der Waals surface area contributed by atoms with Crippen LogP contribution >= 0.6 is 0 Å². The number of nitrogens with zero attached hydrogens (tertiary/aromatic N) is 2. The molecule has 0 radical (unpaired) electrons. The first-order valence-electron chi connectivity index (χ1n) is 7.67. The van der Waals surface area contributed by atoms with Crippen molar-refractivity contribution >= 4 is 0 Å². The summed E-state index contributed by atoms with van der Waals surface area (Å²) in [6, 6.07) is 10.6. The predicted molar refractivity (Wildman–Crippen MR) is 80.3 cm³/mol. The van der Waals surface area contributed by atoms with E-state index >= 15 is 0 Å². The first-order chi connectivity index (χ1) is 9.83.